The minimum absolute atomic E-state index is 0.0612. The largest absolute Gasteiger partial charge is 0.355 e. The smallest absolute Gasteiger partial charge is 0.314 e. The van der Waals surface area contributed by atoms with E-state index in [1.807, 2.05) is 0 Å². The summed E-state index contributed by atoms with van der Waals surface area (Å²) in [6, 6.07) is -0.0906. The zero-order valence-electron chi connectivity index (χ0n) is 9.95. The highest BCUT2D eigenvalue weighted by Gasteiger charge is 2.27. The topological polar surface area (TPSA) is 87.5 Å². The van der Waals surface area contributed by atoms with E-state index in [2.05, 4.69) is 10.6 Å². The molecule has 3 amide bonds. The van der Waals surface area contributed by atoms with Gasteiger partial charge in [-0.05, 0) is 25.7 Å². The third-order valence-electron chi connectivity index (χ3n) is 3.53. The van der Waals surface area contributed by atoms with Gasteiger partial charge >= 0.3 is 6.03 Å². The maximum absolute atomic E-state index is 11.6. The fourth-order valence-electron chi connectivity index (χ4n) is 2.48. The molecule has 96 valence electrons. The van der Waals surface area contributed by atoms with E-state index in [0.29, 0.717) is 19.1 Å². The number of carbonyl (C=O) groups is 2. The van der Waals surface area contributed by atoms with Crippen LogP contribution in [-0.2, 0) is 4.79 Å². The van der Waals surface area contributed by atoms with Gasteiger partial charge < -0.3 is 21.3 Å². The van der Waals surface area contributed by atoms with Crippen molar-refractivity contribution in [2.45, 2.75) is 37.8 Å². The number of piperidine rings is 2. The minimum atomic E-state index is -0.348. The molecule has 2 heterocycles. The number of primary amides is 1. The first-order valence-corrected chi connectivity index (χ1v) is 6.25. The Labute approximate surface area is 101 Å². The van der Waals surface area contributed by atoms with Crippen molar-refractivity contribution in [3.63, 3.8) is 0 Å². The van der Waals surface area contributed by atoms with Crippen LogP contribution in [0.4, 0.5) is 4.79 Å². The molecule has 17 heavy (non-hydrogen) atoms. The standard InChI is InChI=1S/C11H20N4O2/c12-11(17)15-6-3-8(4-7-15)14-9-2-1-5-13-10(9)16/h8-9,14H,1-7H2,(H2,12,17)(H,13,16). The summed E-state index contributed by atoms with van der Waals surface area (Å²) < 4.78 is 0. The average molecular weight is 240 g/mol. The van der Waals surface area contributed by atoms with Gasteiger partial charge in [0.15, 0.2) is 0 Å². The SMILES string of the molecule is NC(=O)N1CCC(NC2CCCNC2=O)CC1. The molecule has 0 aromatic carbocycles. The zero-order valence-corrected chi connectivity index (χ0v) is 9.95. The van der Waals surface area contributed by atoms with Gasteiger partial charge in [-0.3, -0.25) is 4.79 Å². The highest BCUT2D eigenvalue weighted by Crippen LogP contribution is 2.13. The highest BCUT2D eigenvalue weighted by atomic mass is 16.2. The summed E-state index contributed by atoms with van der Waals surface area (Å²) in [5.74, 6) is 0.105. The quantitative estimate of drug-likeness (QED) is 0.602. The van der Waals surface area contributed by atoms with Gasteiger partial charge in [-0.1, -0.05) is 0 Å². The number of rotatable bonds is 2. The van der Waals surface area contributed by atoms with Crippen LogP contribution in [0, 0.1) is 0 Å². The first-order chi connectivity index (χ1) is 8.16. The van der Waals surface area contributed by atoms with Crippen LogP contribution < -0.4 is 16.4 Å². The molecule has 0 aromatic heterocycles. The van der Waals surface area contributed by atoms with Gasteiger partial charge in [0.05, 0.1) is 6.04 Å². The van der Waals surface area contributed by atoms with Gasteiger partial charge in [0.2, 0.25) is 5.91 Å². The van der Waals surface area contributed by atoms with Gasteiger partial charge in [0.25, 0.3) is 0 Å². The molecule has 6 heteroatoms. The van der Waals surface area contributed by atoms with Crippen LogP contribution in [0.3, 0.4) is 0 Å². The molecule has 1 atom stereocenters. The second kappa shape index (κ2) is 5.35. The van der Waals surface area contributed by atoms with Crippen molar-refractivity contribution in [3.8, 4) is 0 Å². The number of nitrogens with one attached hydrogen (secondary N) is 2. The van der Waals surface area contributed by atoms with E-state index in [1.165, 1.54) is 0 Å². The molecule has 0 spiro atoms. The predicted octanol–water partition coefficient (Wildman–Crippen LogP) is -0.602. The van der Waals surface area contributed by atoms with Crippen molar-refractivity contribution in [1.82, 2.24) is 15.5 Å². The molecule has 0 aliphatic carbocycles. The summed E-state index contributed by atoms with van der Waals surface area (Å²) in [6.07, 6.45) is 3.67. The number of carbonyl (C=O) groups excluding carboxylic acids is 2. The van der Waals surface area contributed by atoms with Gasteiger partial charge in [0, 0.05) is 25.7 Å². The maximum atomic E-state index is 11.6. The Bertz CT molecular complexity index is 300. The lowest BCUT2D eigenvalue weighted by molar-refractivity contribution is -0.124. The molecule has 6 nitrogen and oxygen atoms in total. The number of nitrogens with zero attached hydrogens (tertiary/aromatic N) is 1. The van der Waals surface area contributed by atoms with Crippen LogP contribution in [0.2, 0.25) is 0 Å². The van der Waals surface area contributed by atoms with Gasteiger partial charge in [0.1, 0.15) is 0 Å². The molecule has 1 unspecified atom stereocenters. The van der Waals surface area contributed by atoms with Crippen molar-refractivity contribution in [2.24, 2.45) is 5.73 Å². The van der Waals surface area contributed by atoms with Crippen molar-refractivity contribution in [2.75, 3.05) is 19.6 Å². The van der Waals surface area contributed by atoms with Crippen LogP contribution in [-0.4, -0.2) is 48.6 Å². The molecule has 2 aliphatic rings. The Morgan fingerprint density at radius 2 is 2.06 bits per heavy atom. The monoisotopic (exact) mass is 240 g/mol. The number of nitrogens with two attached hydrogens (primary N) is 1. The third-order valence-corrected chi connectivity index (χ3v) is 3.53. The summed E-state index contributed by atoms with van der Waals surface area (Å²) in [5.41, 5.74) is 5.22. The summed E-state index contributed by atoms with van der Waals surface area (Å²) >= 11 is 0. The number of urea groups is 1. The predicted molar refractivity (Wildman–Crippen MR) is 63.3 cm³/mol. The molecule has 2 aliphatic heterocycles. The molecule has 0 radical (unpaired) electrons. The van der Waals surface area contributed by atoms with E-state index in [4.69, 9.17) is 5.73 Å². The first kappa shape index (κ1) is 12.2. The summed E-state index contributed by atoms with van der Waals surface area (Å²) in [6.45, 7) is 2.15. The van der Waals surface area contributed by atoms with Crippen molar-refractivity contribution in [3.05, 3.63) is 0 Å². The highest BCUT2D eigenvalue weighted by molar-refractivity contribution is 5.82. The Morgan fingerprint density at radius 1 is 1.35 bits per heavy atom. The van der Waals surface area contributed by atoms with Crippen molar-refractivity contribution < 1.29 is 9.59 Å². The lowest BCUT2D eigenvalue weighted by Crippen LogP contribution is -2.54. The van der Waals surface area contributed by atoms with E-state index < -0.39 is 0 Å². The number of amides is 3. The van der Waals surface area contributed by atoms with E-state index in [0.717, 1.165) is 32.2 Å². The van der Waals surface area contributed by atoms with Crippen LogP contribution in [0.25, 0.3) is 0 Å². The van der Waals surface area contributed by atoms with Crippen LogP contribution in [0.5, 0.6) is 0 Å². The van der Waals surface area contributed by atoms with Gasteiger partial charge in [-0.15, -0.1) is 0 Å². The third kappa shape index (κ3) is 3.09. The van der Waals surface area contributed by atoms with Crippen LogP contribution >= 0.6 is 0 Å². The number of hydrogen-bond donors (Lipinski definition) is 3. The van der Waals surface area contributed by atoms with Crippen LogP contribution in [0.15, 0.2) is 0 Å². The molecule has 4 N–H and O–H groups in total. The maximum Gasteiger partial charge on any atom is 0.314 e. The molecule has 0 saturated carbocycles. The van der Waals surface area contributed by atoms with Crippen molar-refractivity contribution >= 4 is 11.9 Å². The number of likely N-dealkylation sites (tertiary alicyclic amines) is 1. The molecule has 2 saturated heterocycles. The van der Waals surface area contributed by atoms with E-state index >= 15 is 0 Å². The summed E-state index contributed by atoms with van der Waals surface area (Å²) in [5, 5.41) is 6.24. The molecule has 0 bridgehead atoms. The molecular weight excluding hydrogens is 220 g/mol. The Kier molecular flexibility index (Phi) is 3.83. The van der Waals surface area contributed by atoms with E-state index in [1.54, 1.807) is 4.90 Å². The normalized spacial score (nSPS) is 26.7. The fraction of sp³-hybridized carbons (Fsp3) is 0.818. The molecule has 2 rings (SSSR count). The fourth-order valence-corrected chi connectivity index (χ4v) is 2.48. The Hall–Kier alpha value is -1.30. The Morgan fingerprint density at radius 3 is 2.65 bits per heavy atom. The number of hydrogen-bond acceptors (Lipinski definition) is 3. The molecular formula is C11H20N4O2. The second-order valence-corrected chi connectivity index (χ2v) is 4.75. The molecule has 0 aromatic rings. The summed E-state index contributed by atoms with van der Waals surface area (Å²) in [7, 11) is 0. The zero-order chi connectivity index (χ0) is 12.3. The lowest BCUT2D eigenvalue weighted by atomic mass is 10.0. The first-order valence-electron chi connectivity index (χ1n) is 6.25. The summed E-state index contributed by atoms with van der Waals surface area (Å²) in [4.78, 5) is 24.2. The van der Waals surface area contributed by atoms with Gasteiger partial charge in [-0.2, -0.15) is 0 Å². The minimum Gasteiger partial charge on any atom is -0.355 e. The molecule has 2 fully saturated rings. The average Bonchev–Trinajstić information content (AvgIpc) is 2.33. The van der Waals surface area contributed by atoms with E-state index in [-0.39, 0.29) is 18.0 Å². The van der Waals surface area contributed by atoms with Crippen LogP contribution in [0.1, 0.15) is 25.7 Å². The van der Waals surface area contributed by atoms with E-state index in [9.17, 15) is 9.59 Å². The lowest BCUT2D eigenvalue weighted by Gasteiger charge is -2.34. The van der Waals surface area contributed by atoms with Crippen molar-refractivity contribution in [1.29, 1.82) is 0 Å². The Balaban J connectivity index is 1.77. The second-order valence-electron chi connectivity index (χ2n) is 4.75. The van der Waals surface area contributed by atoms with Gasteiger partial charge in [-0.25, -0.2) is 4.79 Å².